The summed E-state index contributed by atoms with van der Waals surface area (Å²) in [6.45, 7) is 3.32. The van der Waals surface area contributed by atoms with E-state index in [4.69, 9.17) is 0 Å². The van der Waals surface area contributed by atoms with Gasteiger partial charge in [0.2, 0.25) is 5.95 Å². The zero-order valence-corrected chi connectivity index (χ0v) is 13.6. The van der Waals surface area contributed by atoms with E-state index in [2.05, 4.69) is 50.1 Å². The Hall–Kier alpha value is -2.01. The number of rotatable bonds is 2. The van der Waals surface area contributed by atoms with E-state index in [1.54, 1.807) is 0 Å². The van der Waals surface area contributed by atoms with Crippen LogP contribution in [0.4, 0.5) is 10.3 Å². The highest BCUT2D eigenvalue weighted by atomic mass is 19.1. The van der Waals surface area contributed by atoms with Crippen LogP contribution in [-0.4, -0.2) is 46.6 Å². The second-order valence-electron chi connectivity index (χ2n) is 7.23. The van der Waals surface area contributed by atoms with Crippen LogP contribution < -0.4 is 4.90 Å². The lowest BCUT2D eigenvalue weighted by atomic mass is 9.75. The minimum absolute atomic E-state index is 0.372. The molecule has 0 radical (unpaired) electrons. The zero-order chi connectivity index (χ0) is 16.1. The van der Waals surface area contributed by atoms with Gasteiger partial charge in [-0.15, -0.1) is 0 Å². The fourth-order valence-electron chi connectivity index (χ4n) is 5.10. The average molecular weight is 324 g/mol. The summed E-state index contributed by atoms with van der Waals surface area (Å²) in [6, 6.07) is 11.8. The summed E-state index contributed by atoms with van der Waals surface area (Å²) in [5.41, 5.74) is 1.39. The van der Waals surface area contributed by atoms with Gasteiger partial charge in [0.1, 0.15) is 0 Å². The monoisotopic (exact) mass is 324 g/mol. The number of fused-ring (bicyclic) bond motifs is 2. The van der Waals surface area contributed by atoms with Gasteiger partial charge in [0.25, 0.3) is 0 Å². The van der Waals surface area contributed by atoms with E-state index in [-0.39, 0.29) is 5.82 Å². The van der Waals surface area contributed by atoms with Gasteiger partial charge in [-0.05, 0) is 37.4 Å². The maximum Gasteiger partial charge on any atom is 0.225 e. The van der Waals surface area contributed by atoms with E-state index < -0.39 is 0 Å². The van der Waals surface area contributed by atoms with Crippen LogP contribution in [0.2, 0.25) is 0 Å². The summed E-state index contributed by atoms with van der Waals surface area (Å²) >= 11 is 0. The lowest BCUT2D eigenvalue weighted by Gasteiger charge is -2.51. The molecule has 4 nitrogen and oxygen atoms in total. The summed E-state index contributed by atoms with van der Waals surface area (Å²) in [4.78, 5) is 13.6. The van der Waals surface area contributed by atoms with Crippen molar-refractivity contribution in [1.82, 2.24) is 14.9 Å². The van der Waals surface area contributed by atoms with Crippen molar-refractivity contribution in [3.8, 4) is 0 Å². The van der Waals surface area contributed by atoms with Crippen LogP contribution in [0.3, 0.4) is 0 Å². The van der Waals surface area contributed by atoms with Crippen LogP contribution in [-0.2, 0) is 0 Å². The lowest BCUT2D eigenvalue weighted by Crippen LogP contribution is -2.60. The van der Waals surface area contributed by atoms with E-state index in [1.165, 1.54) is 43.9 Å². The highest BCUT2D eigenvalue weighted by Gasteiger charge is 2.53. The molecule has 0 N–H and O–H groups in total. The molecule has 1 aromatic heterocycles. The SMILES string of the molecule is Fc1cnc(N2C[C@H](c3ccccc3)[C@H]3[C@@H]2C2CCN3CC2)nc1. The molecule has 0 spiro atoms. The molecular formula is C19H21FN4. The van der Waals surface area contributed by atoms with Crippen molar-refractivity contribution in [2.75, 3.05) is 24.5 Å². The van der Waals surface area contributed by atoms with Gasteiger partial charge >= 0.3 is 0 Å². The Morgan fingerprint density at radius 1 is 0.958 bits per heavy atom. The third kappa shape index (κ3) is 2.14. The van der Waals surface area contributed by atoms with E-state index in [1.807, 2.05) is 0 Å². The summed E-state index contributed by atoms with van der Waals surface area (Å²) in [5, 5.41) is 0. The molecule has 2 aromatic rings. The van der Waals surface area contributed by atoms with Crippen molar-refractivity contribution in [2.24, 2.45) is 5.92 Å². The van der Waals surface area contributed by atoms with E-state index in [9.17, 15) is 4.39 Å². The zero-order valence-electron chi connectivity index (χ0n) is 13.6. The number of piperidine rings is 3. The summed E-state index contributed by atoms with van der Waals surface area (Å²) in [5.74, 6) is 1.47. The Bertz CT molecular complexity index is 712. The number of hydrogen-bond donors (Lipinski definition) is 0. The quantitative estimate of drug-likeness (QED) is 0.850. The molecule has 24 heavy (non-hydrogen) atoms. The van der Waals surface area contributed by atoms with Crippen molar-refractivity contribution in [3.63, 3.8) is 0 Å². The van der Waals surface area contributed by atoms with Gasteiger partial charge in [0.05, 0.1) is 18.4 Å². The fourth-order valence-corrected chi connectivity index (χ4v) is 5.10. The third-order valence-corrected chi connectivity index (χ3v) is 6.09. The second kappa shape index (κ2) is 5.52. The average Bonchev–Trinajstić information content (AvgIpc) is 3.07. The largest absolute Gasteiger partial charge is 0.335 e. The maximum atomic E-state index is 13.2. The van der Waals surface area contributed by atoms with Crippen molar-refractivity contribution in [2.45, 2.75) is 30.8 Å². The molecule has 4 saturated heterocycles. The Labute approximate surface area is 141 Å². The van der Waals surface area contributed by atoms with E-state index in [0.29, 0.717) is 29.9 Å². The summed E-state index contributed by atoms with van der Waals surface area (Å²) in [7, 11) is 0. The number of nitrogens with zero attached hydrogens (tertiary/aromatic N) is 4. The first-order valence-electron chi connectivity index (χ1n) is 8.84. The van der Waals surface area contributed by atoms with E-state index in [0.717, 1.165) is 6.54 Å². The van der Waals surface area contributed by atoms with Crippen LogP contribution in [0.15, 0.2) is 42.7 Å². The Balaban J connectivity index is 1.56. The van der Waals surface area contributed by atoms with Crippen LogP contribution >= 0.6 is 0 Å². The molecule has 1 aromatic carbocycles. The Kier molecular flexibility index (Phi) is 3.30. The fraction of sp³-hybridized carbons (Fsp3) is 0.474. The molecule has 2 bridgehead atoms. The molecular weight excluding hydrogens is 303 g/mol. The Morgan fingerprint density at radius 3 is 2.38 bits per heavy atom. The molecule has 0 unspecified atom stereocenters. The van der Waals surface area contributed by atoms with Crippen LogP contribution in [0.1, 0.15) is 24.3 Å². The van der Waals surface area contributed by atoms with Gasteiger partial charge in [-0.3, -0.25) is 4.90 Å². The number of benzene rings is 1. The van der Waals surface area contributed by atoms with Crippen molar-refractivity contribution in [3.05, 3.63) is 54.1 Å². The standard InChI is InChI=1S/C19H21FN4/c20-15-10-21-19(22-11-15)24-12-16(13-4-2-1-3-5-13)18-17(24)14-6-8-23(18)9-7-14/h1-5,10-11,14,16-18H,6-9,12H2/t16-,17+,18+/m1/s1. The first-order chi connectivity index (χ1) is 11.8. The summed E-state index contributed by atoms with van der Waals surface area (Å²) in [6.07, 6.45) is 5.07. The third-order valence-electron chi connectivity index (χ3n) is 6.09. The molecule has 4 aliphatic rings. The molecule has 5 heteroatoms. The predicted molar refractivity (Wildman–Crippen MR) is 90.4 cm³/mol. The second-order valence-corrected chi connectivity index (χ2v) is 7.23. The Morgan fingerprint density at radius 2 is 1.67 bits per heavy atom. The van der Waals surface area contributed by atoms with Gasteiger partial charge < -0.3 is 4.90 Å². The smallest absolute Gasteiger partial charge is 0.225 e. The number of halogens is 1. The van der Waals surface area contributed by atoms with Crippen molar-refractivity contribution >= 4 is 5.95 Å². The van der Waals surface area contributed by atoms with E-state index >= 15 is 0 Å². The van der Waals surface area contributed by atoms with Crippen molar-refractivity contribution < 1.29 is 4.39 Å². The van der Waals surface area contributed by atoms with Crippen LogP contribution in [0.5, 0.6) is 0 Å². The number of hydrogen-bond acceptors (Lipinski definition) is 4. The molecule has 124 valence electrons. The highest BCUT2D eigenvalue weighted by Crippen LogP contribution is 2.47. The normalized spacial score (nSPS) is 34.4. The molecule has 5 heterocycles. The van der Waals surface area contributed by atoms with Gasteiger partial charge in [-0.2, -0.15) is 0 Å². The molecule has 0 amide bonds. The van der Waals surface area contributed by atoms with Gasteiger partial charge in [0, 0.05) is 18.5 Å². The molecule has 4 fully saturated rings. The lowest BCUT2D eigenvalue weighted by molar-refractivity contribution is 0.0353. The van der Waals surface area contributed by atoms with Crippen LogP contribution in [0, 0.1) is 11.7 Å². The van der Waals surface area contributed by atoms with Crippen LogP contribution in [0.25, 0.3) is 0 Å². The topological polar surface area (TPSA) is 32.3 Å². The molecule has 6 rings (SSSR count). The minimum atomic E-state index is -0.372. The molecule has 3 atom stereocenters. The highest BCUT2D eigenvalue weighted by molar-refractivity contribution is 5.42. The number of aromatic nitrogens is 2. The first kappa shape index (κ1) is 14.3. The summed E-state index contributed by atoms with van der Waals surface area (Å²) < 4.78 is 13.2. The maximum absolute atomic E-state index is 13.2. The van der Waals surface area contributed by atoms with Gasteiger partial charge in [-0.25, -0.2) is 14.4 Å². The molecule has 4 aliphatic heterocycles. The number of anilines is 1. The van der Waals surface area contributed by atoms with Gasteiger partial charge in [-0.1, -0.05) is 30.3 Å². The molecule has 0 saturated carbocycles. The predicted octanol–water partition coefficient (Wildman–Crippen LogP) is 2.68. The van der Waals surface area contributed by atoms with Crippen molar-refractivity contribution in [1.29, 1.82) is 0 Å². The minimum Gasteiger partial charge on any atom is -0.335 e. The van der Waals surface area contributed by atoms with Gasteiger partial charge in [0.15, 0.2) is 5.82 Å². The first-order valence-corrected chi connectivity index (χ1v) is 8.84. The molecule has 0 aliphatic carbocycles.